The van der Waals surface area contributed by atoms with Gasteiger partial charge in [-0.3, -0.25) is 37.3 Å². The number of phosphoric acid groups is 2. The van der Waals surface area contributed by atoms with Crippen molar-refractivity contribution < 1.29 is 80.2 Å². The Morgan fingerprint density at radius 1 is 0.269 bits per heavy atom. The standard InChI is InChI=1S/C85H166O17P2/c1-7-11-13-15-17-19-21-23-24-25-26-30-33-37-40-44-48-55-61-67-82(87)95-73-80(101-84(89)70-64-58-50-46-42-38-34-31-28-27-29-32-36-39-43-47-53-59-65-77(5)9-3)75-99-103(91,92)97-71-79(86)72-98-104(93,94)100-76-81(74-96-83(88)68-62-56-52-51-54-60-66-78(6)10-4)102-85(90)69-63-57-49-45-41-35-22-20-18-16-14-12-8-2/h77-81,86H,7-76H2,1-6H3,(H,91,92)(H,93,94)/t77?,78?,79-,80-,81-/m1/s1. The molecule has 104 heavy (non-hydrogen) atoms. The van der Waals surface area contributed by atoms with E-state index in [4.69, 9.17) is 37.0 Å². The fourth-order valence-electron chi connectivity index (χ4n) is 13.2. The van der Waals surface area contributed by atoms with Gasteiger partial charge in [-0.05, 0) is 37.5 Å². The first-order chi connectivity index (χ1) is 50.4. The molecule has 0 fully saturated rings. The molecule has 0 saturated heterocycles. The maximum Gasteiger partial charge on any atom is 0.472 e. The van der Waals surface area contributed by atoms with E-state index in [2.05, 4.69) is 41.5 Å². The van der Waals surface area contributed by atoms with Crippen LogP contribution in [0.3, 0.4) is 0 Å². The molecule has 0 aliphatic carbocycles. The van der Waals surface area contributed by atoms with Gasteiger partial charge < -0.3 is 33.8 Å². The van der Waals surface area contributed by atoms with E-state index in [1.54, 1.807) is 0 Å². The molecule has 0 heterocycles. The zero-order chi connectivity index (χ0) is 76.4. The summed E-state index contributed by atoms with van der Waals surface area (Å²) in [5, 5.41) is 10.7. The maximum atomic E-state index is 13.1. The highest BCUT2D eigenvalue weighted by atomic mass is 31.2. The fourth-order valence-corrected chi connectivity index (χ4v) is 14.8. The van der Waals surface area contributed by atoms with Gasteiger partial charge in [0.15, 0.2) is 12.2 Å². The Labute approximate surface area is 638 Å². The smallest absolute Gasteiger partial charge is 0.462 e. The summed E-state index contributed by atoms with van der Waals surface area (Å²) < 4.78 is 68.8. The monoisotopic (exact) mass is 1520 g/mol. The van der Waals surface area contributed by atoms with E-state index >= 15 is 0 Å². The van der Waals surface area contributed by atoms with Crippen molar-refractivity contribution in [1.82, 2.24) is 0 Å². The van der Waals surface area contributed by atoms with Crippen LogP contribution in [0.2, 0.25) is 0 Å². The molecule has 0 spiro atoms. The number of hydrogen-bond donors (Lipinski definition) is 3. The second-order valence-corrected chi connectivity index (χ2v) is 34.0. The molecule has 19 heteroatoms. The number of ether oxygens (including phenoxy) is 4. The van der Waals surface area contributed by atoms with Crippen LogP contribution >= 0.6 is 15.6 Å². The summed E-state index contributed by atoms with van der Waals surface area (Å²) in [6, 6.07) is 0. The molecule has 0 aromatic heterocycles. The largest absolute Gasteiger partial charge is 0.472 e. The Kier molecular flexibility index (Phi) is 75.0. The quantitative estimate of drug-likeness (QED) is 0.0222. The highest BCUT2D eigenvalue weighted by Gasteiger charge is 2.30. The van der Waals surface area contributed by atoms with Gasteiger partial charge in [-0.2, -0.15) is 0 Å². The molecule has 0 saturated carbocycles. The second kappa shape index (κ2) is 76.4. The fraction of sp³-hybridized carbons (Fsp3) is 0.953. The van der Waals surface area contributed by atoms with Gasteiger partial charge in [-0.15, -0.1) is 0 Å². The number of unbranched alkanes of at least 4 members (excludes halogenated alkanes) is 52. The molecule has 0 aromatic rings. The number of esters is 4. The maximum absolute atomic E-state index is 13.1. The zero-order valence-electron chi connectivity index (χ0n) is 68.3. The van der Waals surface area contributed by atoms with Crippen molar-refractivity contribution in [1.29, 1.82) is 0 Å². The summed E-state index contributed by atoms with van der Waals surface area (Å²) in [5.41, 5.74) is 0. The molecule has 3 N–H and O–H groups in total. The lowest BCUT2D eigenvalue weighted by Crippen LogP contribution is -2.30. The van der Waals surface area contributed by atoms with Crippen molar-refractivity contribution in [3.63, 3.8) is 0 Å². The number of rotatable bonds is 84. The number of hydrogen-bond acceptors (Lipinski definition) is 15. The molecule has 0 bridgehead atoms. The van der Waals surface area contributed by atoms with E-state index < -0.39 is 97.5 Å². The molecule has 7 atom stereocenters. The van der Waals surface area contributed by atoms with Gasteiger partial charge >= 0.3 is 39.5 Å². The summed E-state index contributed by atoms with van der Waals surface area (Å²) in [6.07, 6.45) is 68.1. The van der Waals surface area contributed by atoms with E-state index in [0.717, 1.165) is 108 Å². The van der Waals surface area contributed by atoms with Crippen LogP contribution in [-0.4, -0.2) is 96.7 Å². The van der Waals surface area contributed by atoms with Gasteiger partial charge in [0.25, 0.3) is 0 Å². The zero-order valence-corrected chi connectivity index (χ0v) is 70.1. The van der Waals surface area contributed by atoms with Gasteiger partial charge in [0.2, 0.25) is 0 Å². The van der Waals surface area contributed by atoms with Crippen molar-refractivity contribution in [3.8, 4) is 0 Å². The summed E-state index contributed by atoms with van der Waals surface area (Å²) in [6.45, 7) is 9.69. The van der Waals surface area contributed by atoms with E-state index in [-0.39, 0.29) is 25.7 Å². The first-order valence-corrected chi connectivity index (χ1v) is 47.1. The van der Waals surface area contributed by atoms with Crippen LogP contribution in [-0.2, 0) is 65.4 Å². The number of carbonyl (C=O) groups excluding carboxylic acids is 4. The van der Waals surface area contributed by atoms with Crippen LogP contribution in [0.5, 0.6) is 0 Å². The van der Waals surface area contributed by atoms with Crippen molar-refractivity contribution >= 4 is 39.5 Å². The predicted molar refractivity (Wildman–Crippen MR) is 428 cm³/mol. The molecular weight excluding hydrogens is 1350 g/mol. The highest BCUT2D eigenvalue weighted by Crippen LogP contribution is 2.45. The third kappa shape index (κ3) is 75.5. The van der Waals surface area contributed by atoms with Gasteiger partial charge in [0.05, 0.1) is 26.4 Å². The Balaban J connectivity index is 5.21. The van der Waals surface area contributed by atoms with Crippen LogP contribution in [0, 0.1) is 11.8 Å². The van der Waals surface area contributed by atoms with Crippen LogP contribution in [0.1, 0.15) is 452 Å². The molecule has 0 aromatic carbocycles. The molecule has 0 aliphatic rings. The van der Waals surface area contributed by atoms with Crippen molar-refractivity contribution in [2.24, 2.45) is 11.8 Å². The van der Waals surface area contributed by atoms with Crippen LogP contribution < -0.4 is 0 Å². The molecule has 0 radical (unpaired) electrons. The van der Waals surface area contributed by atoms with E-state index in [0.29, 0.717) is 25.7 Å². The SMILES string of the molecule is CCCCCCCCCCCCCCCCCCCCCC(=O)OC[C@H](COP(=O)(O)OC[C@@H](O)COP(=O)(O)OC[C@@H](COC(=O)CCCCCCCCC(C)CC)OC(=O)CCCCCCCCCCCCCCC)OC(=O)CCCCCCCCCCCCCCCCCCCCC(C)CC. The van der Waals surface area contributed by atoms with Crippen molar-refractivity contribution in [2.75, 3.05) is 39.6 Å². The third-order valence-corrected chi connectivity index (χ3v) is 22.6. The first-order valence-electron chi connectivity index (χ1n) is 44.1. The van der Waals surface area contributed by atoms with E-state index in [1.807, 2.05) is 0 Å². The molecular formula is C85H166O17P2. The third-order valence-electron chi connectivity index (χ3n) is 20.7. The number of phosphoric ester groups is 2. The summed E-state index contributed by atoms with van der Waals surface area (Å²) in [5.74, 6) is -0.502. The van der Waals surface area contributed by atoms with Gasteiger partial charge in [-0.1, -0.05) is 401 Å². The summed E-state index contributed by atoms with van der Waals surface area (Å²) in [4.78, 5) is 73.1. The van der Waals surface area contributed by atoms with Crippen LogP contribution in [0.25, 0.3) is 0 Å². The summed E-state index contributed by atoms with van der Waals surface area (Å²) in [7, 11) is -9.92. The molecule has 618 valence electrons. The Hall–Kier alpha value is -1.94. The molecule has 0 aliphatic heterocycles. The number of aliphatic hydroxyl groups excluding tert-OH is 1. The van der Waals surface area contributed by atoms with Gasteiger partial charge in [0, 0.05) is 25.7 Å². The van der Waals surface area contributed by atoms with Gasteiger partial charge in [-0.25, -0.2) is 9.13 Å². The Morgan fingerprint density at radius 3 is 0.683 bits per heavy atom. The minimum atomic E-state index is -4.97. The topological polar surface area (TPSA) is 237 Å². The average Bonchev–Trinajstić information content (AvgIpc) is 0.948. The first kappa shape index (κ1) is 102. The van der Waals surface area contributed by atoms with E-state index in [9.17, 15) is 43.2 Å². The summed E-state index contributed by atoms with van der Waals surface area (Å²) >= 11 is 0. The second-order valence-electron chi connectivity index (χ2n) is 31.1. The molecule has 4 unspecified atom stereocenters. The van der Waals surface area contributed by atoms with Crippen LogP contribution in [0.15, 0.2) is 0 Å². The highest BCUT2D eigenvalue weighted by molar-refractivity contribution is 7.47. The van der Waals surface area contributed by atoms with E-state index in [1.165, 1.54) is 263 Å². The number of aliphatic hydroxyl groups is 1. The lowest BCUT2D eigenvalue weighted by Gasteiger charge is -2.21. The molecule has 0 rings (SSSR count). The molecule has 0 amide bonds. The lowest BCUT2D eigenvalue weighted by molar-refractivity contribution is -0.161. The minimum absolute atomic E-state index is 0.107. The van der Waals surface area contributed by atoms with Crippen molar-refractivity contribution in [3.05, 3.63) is 0 Å². The predicted octanol–water partition coefficient (Wildman–Crippen LogP) is 25.8. The Bertz CT molecular complexity index is 2000. The van der Waals surface area contributed by atoms with Crippen molar-refractivity contribution in [2.45, 2.75) is 471 Å². The molecule has 17 nitrogen and oxygen atoms in total. The van der Waals surface area contributed by atoms with Crippen LogP contribution in [0.4, 0.5) is 0 Å². The minimum Gasteiger partial charge on any atom is -0.462 e. The average molecular weight is 1520 g/mol. The van der Waals surface area contributed by atoms with Gasteiger partial charge in [0.1, 0.15) is 19.3 Å². The number of carbonyl (C=O) groups is 4. The Morgan fingerprint density at radius 2 is 0.462 bits per heavy atom. The normalized spacial score (nSPS) is 14.4. The lowest BCUT2D eigenvalue weighted by atomic mass is 9.99.